The fraction of sp³-hybridized carbons (Fsp3) is 0. The normalized spacial score (nSPS) is 8.80. The molecule has 3 heteroatoms. The number of ketones is 1. The molecule has 10 heavy (non-hydrogen) atoms. The first-order chi connectivity index (χ1) is 4.75. The zero-order chi connectivity index (χ0) is 7.56. The molecule has 1 nitrogen and oxygen atoms in total. The molecule has 0 N–H and O–H groups in total. The molecule has 1 aromatic heterocycles. The smallest absolute Gasteiger partial charge is 0.247 e. The Bertz CT molecular complexity index is 295. The van der Waals surface area contributed by atoms with Crippen molar-refractivity contribution in [2.75, 3.05) is 0 Å². The Balaban J connectivity index is 3.08. The fourth-order valence-electron chi connectivity index (χ4n) is 0.521. The number of carbonyl (C=O) groups excluding carboxylic acids is 1. The van der Waals surface area contributed by atoms with Gasteiger partial charge in [-0.05, 0) is 17.4 Å². The summed E-state index contributed by atoms with van der Waals surface area (Å²) in [5, 5.41) is 2.17. The molecule has 50 valence electrons. The number of rotatable bonds is 1. The third kappa shape index (κ3) is 1.21. The van der Waals surface area contributed by atoms with Crippen molar-refractivity contribution in [2.45, 2.75) is 0 Å². The molecule has 0 aliphatic heterocycles. The van der Waals surface area contributed by atoms with Gasteiger partial charge in [-0.2, -0.15) is 0 Å². The molecule has 0 saturated heterocycles. The van der Waals surface area contributed by atoms with Crippen LogP contribution in [0.3, 0.4) is 0 Å². The molecule has 0 saturated carbocycles. The Morgan fingerprint density at radius 1 is 1.80 bits per heavy atom. The second-order valence-corrected chi connectivity index (χ2v) is 2.89. The number of hydrogen-bond donors (Lipinski definition) is 0. The van der Waals surface area contributed by atoms with Gasteiger partial charge in [-0.25, -0.2) is 0 Å². The van der Waals surface area contributed by atoms with Crippen LogP contribution in [0.4, 0.5) is 0 Å². The van der Waals surface area contributed by atoms with Gasteiger partial charge < -0.3 is 0 Å². The van der Waals surface area contributed by atoms with Gasteiger partial charge in [0.1, 0.15) is 4.88 Å². The van der Waals surface area contributed by atoms with E-state index in [-0.39, 0.29) is 5.78 Å². The van der Waals surface area contributed by atoms with Gasteiger partial charge in [0.05, 0.1) is 5.02 Å². The molecule has 0 atom stereocenters. The van der Waals surface area contributed by atoms with Gasteiger partial charge in [0.2, 0.25) is 5.78 Å². The molecule has 0 aliphatic rings. The predicted octanol–water partition coefficient (Wildman–Crippen LogP) is 2.22. The molecule has 0 radical (unpaired) electrons. The maximum atomic E-state index is 10.8. The average molecular weight is 171 g/mol. The maximum Gasteiger partial charge on any atom is 0.247 e. The van der Waals surface area contributed by atoms with Gasteiger partial charge in [0, 0.05) is 0 Å². The average Bonchev–Trinajstić information content (AvgIpc) is 2.34. The summed E-state index contributed by atoms with van der Waals surface area (Å²) in [5.74, 6) is 1.65. The molecule has 0 unspecified atom stereocenters. The predicted molar refractivity (Wildman–Crippen MR) is 42.5 cm³/mol. The lowest BCUT2D eigenvalue weighted by molar-refractivity contribution is 0.106. The number of hydrogen-bond acceptors (Lipinski definition) is 2. The van der Waals surface area contributed by atoms with E-state index in [1.54, 1.807) is 11.4 Å². The van der Waals surface area contributed by atoms with Crippen LogP contribution < -0.4 is 0 Å². The summed E-state index contributed by atoms with van der Waals surface area (Å²) >= 11 is 6.87. The van der Waals surface area contributed by atoms with Crippen molar-refractivity contribution in [1.29, 1.82) is 0 Å². The van der Waals surface area contributed by atoms with Crippen molar-refractivity contribution < 1.29 is 4.79 Å². The van der Waals surface area contributed by atoms with E-state index in [0.29, 0.717) is 9.90 Å². The lowest BCUT2D eigenvalue weighted by Gasteiger charge is -1.84. The highest BCUT2D eigenvalue weighted by Crippen LogP contribution is 2.21. The monoisotopic (exact) mass is 170 g/mol. The fourth-order valence-corrected chi connectivity index (χ4v) is 1.57. The highest BCUT2D eigenvalue weighted by molar-refractivity contribution is 7.13. The lowest BCUT2D eigenvalue weighted by atomic mass is 10.3. The van der Waals surface area contributed by atoms with Gasteiger partial charge in [0.25, 0.3) is 0 Å². The highest BCUT2D eigenvalue weighted by Gasteiger charge is 2.07. The summed E-state index contributed by atoms with van der Waals surface area (Å²) in [6, 6.07) is 1.65. The topological polar surface area (TPSA) is 17.1 Å². The van der Waals surface area contributed by atoms with E-state index >= 15 is 0 Å². The van der Waals surface area contributed by atoms with Crippen molar-refractivity contribution in [2.24, 2.45) is 0 Å². The van der Waals surface area contributed by atoms with Gasteiger partial charge in [-0.3, -0.25) is 4.79 Å². The van der Waals surface area contributed by atoms with E-state index in [1.807, 2.05) is 5.92 Å². The molecule has 0 aliphatic carbocycles. The van der Waals surface area contributed by atoms with E-state index in [4.69, 9.17) is 18.0 Å². The van der Waals surface area contributed by atoms with Crippen LogP contribution in [0.2, 0.25) is 5.02 Å². The minimum Gasteiger partial charge on any atom is -0.278 e. The standard InChI is InChI=1S/C7H3ClOS/c1-2-6(9)7-5(8)3-4-10-7/h1,3-4H. The molecule has 0 bridgehead atoms. The Hall–Kier alpha value is -0.780. The SMILES string of the molecule is C#CC(=O)c1sccc1Cl. The van der Waals surface area contributed by atoms with Crippen LogP contribution in [0, 0.1) is 12.3 Å². The Labute approximate surface area is 67.6 Å². The third-order valence-corrected chi connectivity index (χ3v) is 2.29. The molecule has 0 fully saturated rings. The van der Waals surface area contributed by atoms with E-state index in [9.17, 15) is 4.79 Å². The summed E-state index contributed by atoms with van der Waals surface area (Å²) in [7, 11) is 0. The maximum absolute atomic E-state index is 10.8. The minimum atomic E-state index is -0.347. The molecule has 0 amide bonds. The lowest BCUT2D eigenvalue weighted by Crippen LogP contribution is -1.89. The number of terminal acetylenes is 1. The Morgan fingerprint density at radius 2 is 2.50 bits per heavy atom. The number of thiophene rings is 1. The number of carbonyl (C=O) groups is 1. The van der Waals surface area contributed by atoms with Crippen LogP contribution in [0.1, 0.15) is 9.67 Å². The summed E-state index contributed by atoms with van der Waals surface area (Å²) in [4.78, 5) is 11.2. The molecule has 1 aromatic rings. The summed E-state index contributed by atoms with van der Waals surface area (Å²) in [6.07, 6.45) is 4.88. The Morgan fingerprint density at radius 3 is 2.90 bits per heavy atom. The second-order valence-electron chi connectivity index (χ2n) is 1.57. The van der Waals surface area contributed by atoms with Crippen molar-refractivity contribution in [3.05, 3.63) is 21.3 Å². The van der Waals surface area contributed by atoms with Gasteiger partial charge >= 0.3 is 0 Å². The number of halogens is 1. The molecule has 1 rings (SSSR count). The van der Waals surface area contributed by atoms with Crippen molar-refractivity contribution in [1.82, 2.24) is 0 Å². The summed E-state index contributed by atoms with van der Waals surface area (Å²) in [5.41, 5.74) is 0. The third-order valence-electron chi connectivity index (χ3n) is 0.955. The van der Waals surface area contributed by atoms with E-state index in [2.05, 4.69) is 0 Å². The zero-order valence-corrected chi connectivity index (χ0v) is 6.50. The first kappa shape index (κ1) is 7.33. The first-order valence-corrected chi connectivity index (χ1v) is 3.75. The van der Waals surface area contributed by atoms with Gasteiger partial charge in [-0.15, -0.1) is 17.8 Å². The van der Waals surface area contributed by atoms with Crippen LogP contribution in [0.5, 0.6) is 0 Å². The zero-order valence-electron chi connectivity index (χ0n) is 4.93. The molecular formula is C7H3ClOS. The van der Waals surface area contributed by atoms with Gasteiger partial charge in [-0.1, -0.05) is 11.6 Å². The quantitative estimate of drug-likeness (QED) is 0.359. The van der Waals surface area contributed by atoms with Crippen LogP contribution in [-0.2, 0) is 0 Å². The summed E-state index contributed by atoms with van der Waals surface area (Å²) in [6.45, 7) is 0. The minimum absolute atomic E-state index is 0.347. The molecule has 0 spiro atoms. The van der Waals surface area contributed by atoms with E-state index in [1.165, 1.54) is 11.3 Å². The first-order valence-electron chi connectivity index (χ1n) is 2.49. The van der Waals surface area contributed by atoms with Crippen molar-refractivity contribution in [3.8, 4) is 12.3 Å². The van der Waals surface area contributed by atoms with Crippen molar-refractivity contribution >= 4 is 28.7 Å². The second kappa shape index (κ2) is 2.87. The molecular weight excluding hydrogens is 168 g/mol. The van der Waals surface area contributed by atoms with Crippen LogP contribution in [0.15, 0.2) is 11.4 Å². The molecule has 0 aromatic carbocycles. The highest BCUT2D eigenvalue weighted by atomic mass is 35.5. The van der Waals surface area contributed by atoms with Crippen LogP contribution in [0.25, 0.3) is 0 Å². The largest absolute Gasteiger partial charge is 0.278 e. The van der Waals surface area contributed by atoms with Crippen LogP contribution in [-0.4, -0.2) is 5.78 Å². The molecule has 1 heterocycles. The summed E-state index contributed by atoms with van der Waals surface area (Å²) < 4.78 is 0. The van der Waals surface area contributed by atoms with Gasteiger partial charge in [0.15, 0.2) is 0 Å². The van der Waals surface area contributed by atoms with Crippen molar-refractivity contribution in [3.63, 3.8) is 0 Å². The van der Waals surface area contributed by atoms with Crippen LogP contribution >= 0.6 is 22.9 Å². The Kier molecular flexibility index (Phi) is 2.10. The van der Waals surface area contributed by atoms with E-state index < -0.39 is 0 Å². The van der Waals surface area contributed by atoms with E-state index in [0.717, 1.165) is 0 Å². The number of Topliss-reactive ketones (excluding diaryl/α,β-unsaturated/α-hetero) is 1.